The quantitative estimate of drug-likeness (QED) is 0.847. The highest BCUT2D eigenvalue weighted by Crippen LogP contribution is 2.38. The predicted molar refractivity (Wildman–Crippen MR) is 77.8 cm³/mol. The van der Waals surface area contributed by atoms with E-state index in [0.717, 1.165) is 30.7 Å². The van der Waals surface area contributed by atoms with Gasteiger partial charge in [-0.3, -0.25) is 0 Å². The summed E-state index contributed by atoms with van der Waals surface area (Å²) in [6, 6.07) is 3.27. The number of benzene rings is 1. The van der Waals surface area contributed by atoms with Crippen LogP contribution in [0.4, 0.5) is 4.39 Å². The molecule has 0 saturated carbocycles. The molecule has 1 aliphatic heterocycles. The maximum absolute atomic E-state index is 13.9. The number of halogens is 3. The van der Waals surface area contributed by atoms with Crippen LogP contribution in [0.1, 0.15) is 24.8 Å². The Morgan fingerprint density at radius 2 is 2.26 bits per heavy atom. The Kier molecular flexibility index (Phi) is 4.39. The van der Waals surface area contributed by atoms with Crippen LogP contribution in [0.3, 0.4) is 0 Å². The maximum Gasteiger partial charge on any atom is 0.142 e. The lowest BCUT2D eigenvalue weighted by atomic mass is 9.82. The molecule has 0 spiro atoms. The molecule has 2 unspecified atom stereocenters. The molecule has 2 aromatic rings. The van der Waals surface area contributed by atoms with Gasteiger partial charge < -0.3 is 9.73 Å². The molecule has 1 saturated heterocycles. The number of fused-ring (bicyclic) bond motifs is 1. The number of hydrogen-bond acceptors (Lipinski definition) is 2. The van der Waals surface area contributed by atoms with Crippen LogP contribution >= 0.6 is 24.0 Å². The summed E-state index contributed by atoms with van der Waals surface area (Å²) in [6.45, 7) is 4.09. The highest BCUT2D eigenvalue weighted by molar-refractivity contribution is 6.35. The van der Waals surface area contributed by atoms with Gasteiger partial charge in [0, 0.05) is 10.9 Å². The molecule has 0 amide bonds. The molecular weight excluding hydrogens is 288 g/mol. The fraction of sp³-hybridized carbons (Fsp3) is 0.429. The molecule has 5 heteroatoms. The summed E-state index contributed by atoms with van der Waals surface area (Å²) in [4.78, 5) is 0. The predicted octanol–water partition coefficient (Wildman–Crippen LogP) is 4.36. The third-order valence-electron chi connectivity index (χ3n) is 3.84. The normalized spacial score (nSPS) is 23.3. The second-order valence-electron chi connectivity index (χ2n) is 5.00. The number of piperidine rings is 1. The molecule has 1 N–H and O–H groups in total. The molecule has 0 aliphatic carbocycles. The molecule has 104 valence electrons. The zero-order valence-electron chi connectivity index (χ0n) is 10.6. The van der Waals surface area contributed by atoms with Crippen molar-refractivity contribution in [2.45, 2.75) is 19.3 Å². The van der Waals surface area contributed by atoms with E-state index in [1.165, 1.54) is 0 Å². The minimum absolute atomic E-state index is 0. The Balaban J connectivity index is 0.00000133. The van der Waals surface area contributed by atoms with Crippen molar-refractivity contribution in [1.82, 2.24) is 5.32 Å². The van der Waals surface area contributed by atoms with E-state index in [1.807, 2.05) is 0 Å². The first kappa shape index (κ1) is 14.6. The fourth-order valence-corrected chi connectivity index (χ4v) is 3.05. The van der Waals surface area contributed by atoms with Crippen molar-refractivity contribution in [2.24, 2.45) is 5.92 Å². The summed E-state index contributed by atoms with van der Waals surface area (Å²) in [7, 11) is 0. The average Bonchev–Trinajstić information content (AvgIpc) is 2.84. The molecular formula is C14H16Cl2FNO. The van der Waals surface area contributed by atoms with E-state index in [1.54, 1.807) is 18.4 Å². The van der Waals surface area contributed by atoms with Crippen molar-refractivity contribution >= 4 is 35.0 Å². The summed E-state index contributed by atoms with van der Waals surface area (Å²) in [6.07, 6.45) is 2.57. The van der Waals surface area contributed by atoms with Gasteiger partial charge in [-0.05, 0) is 43.5 Å². The van der Waals surface area contributed by atoms with Gasteiger partial charge in [0.25, 0.3) is 0 Å². The molecule has 1 aliphatic rings. The highest BCUT2D eigenvalue weighted by Gasteiger charge is 2.27. The lowest BCUT2D eigenvalue weighted by Crippen LogP contribution is -2.33. The summed E-state index contributed by atoms with van der Waals surface area (Å²) in [5.41, 5.74) is 1.69. The van der Waals surface area contributed by atoms with E-state index in [4.69, 9.17) is 16.0 Å². The van der Waals surface area contributed by atoms with Gasteiger partial charge in [-0.15, -0.1) is 12.4 Å². The number of nitrogens with one attached hydrogen (secondary N) is 1. The third kappa shape index (κ3) is 2.47. The zero-order valence-corrected chi connectivity index (χ0v) is 12.2. The van der Waals surface area contributed by atoms with Crippen LogP contribution in [-0.4, -0.2) is 13.1 Å². The van der Waals surface area contributed by atoms with E-state index in [0.29, 0.717) is 17.2 Å². The van der Waals surface area contributed by atoms with Gasteiger partial charge >= 0.3 is 0 Å². The van der Waals surface area contributed by atoms with Gasteiger partial charge in [0.1, 0.15) is 11.4 Å². The van der Waals surface area contributed by atoms with Crippen molar-refractivity contribution in [1.29, 1.82) is 0 Å². The van der Waals surface area contributed by atoms with Crippen LogP contribution in [0.25, 0.3) is 11.0 Å². The van der Waals surface area contributed by atoms with Crippen LogP contribution in [0.2, 0.25) is 5.02 Å². The van der Waals surface area contributed by atoms with Crippen LogP contribution in [0.5, 0.6) is 0 Å². The zero-order chi connectivity index (χ0) is 12.7. The summed E-state index contributed by atoms with van der Waals surface area (Å²) >= 11 is 5.97. The van der Waals surface area contributed by atoms with E-state index in [-0.39, 0.29) is 23.2 Å². The Morgan fingerprint density at radius 3 is 3.00 bits per heavy atom. The van der Waals surface area contributed by atoms with Gasteiger partial charge in [-0.1, -0.05) is 18.5 Å². The minimum atomic E-state index is -0.355. The van der Waals surface area contributed by atoms with Crippen molar-refractivity contribution in [3.8, 4) is 0 Å². The molecule has 2 atom stereocenters. The van der Waals surface area contributed by atoms with E-state index < -0.39 is 0 Å². The number of rotatable bonds is 1. The Labute approximate surface area is 122 Å². The molecule has 1 fully saturated rings. The third-order valence-corrected chi connectivity index (χ3v) is 4.22. The molecule has 2 nitrogen and oxygen atoms in total. The van der Waals surface area contributed by atoms with Crippen molar-refractivity contribution < 1.29 is 8.81 Å². The first-order valence-electron chi connectivity index (χ1n) is 6.24. The van der Waals surface area contributed by atoms with E-state index >= 15 is 0 Å². The maximum atomic E-state index is 13.9. The summed E-state index contributed by atoms with van der Waals surface area (Å²) < 4.78 is 19.4. The van der Waals surface area contributed by atoms with Crippen molar-refractivity contribution in [2.75, 3.05) is 13.1 Å². The van der Waals surface area contributed by atoms with Crippen LogP contribution in [0, 0.1) is 11.7 Å². The van der Waals surface area contributed by atoms with Crippen molar-refractivity contribution in [3.63, 3.8) is 0 Å². The molecule has 0 radical (unpaired) electrons. The van der Waals surface area contributed by atoms with Gasteiger partial charge in [-0.2, -0.15) is 0 Å². The highest BCUT2D eigenvalue weighted by atomic mass is 35.5. The topological polar surface area (TPSA) is 25.2 Å². The Morgan fingerprint density at radius 1 is 1.47 bits per heavy atom. The van der Waals surface area contributed by atoms with Crippen LogP contribution in [-0.2, 0) is 0 Å². The Hall–Kier alpha value is -0.770. The van der Waals surface area contributed by atoms with Gasteiger partial charge in [0.15, 0.2) is 0 Å². The Bertz CT molecular complexity index is 584. The molecule has 2 heterocycles. The van der Waals surface area contributed by atoms with E-state index in [9.17, 15) is 4.39 Å². The van der Waals surface area contributed by atoms with Crippen LogP contribution < -0.4 is 5.32 Å². The van der Waals surface area contributed by atoms with Crippen molar-refractivity contribution in [3.05, 3.63) is 34.8 Å². The molecule has 1 aromatic heterocycles. The summed E-state index contributed by atoms with van der Waals surface area (Å²) in [5, 5.41) is 4.19. The first-order valence-corrected chi connectivity index (χ1v) is 6.62. The lowest BCUT2D eigenvalue weighted by Gasteiger charge is -2.30. The molecule has 3 rings (SSSR count). The standard InChI is InChI=1S/C14H15ClFNO.ClH/c1-8-7-17-4-2-9(8)11-6-12(16)13(15)10-3-5-18-14(10)11;/h3,5-6,8-9,17H,2,4,7H2,1H3;1H. The SMILES string of the molecule is CC1CNCCC1c1cc(F)c(Cl)c2ccoc12.Cl. The number of furan rings is 1. The first-order chi connectivity index (χ1) is 8.68. The second-order valence-corrected chi connectivity index (χ2v) is 5.38. The monoisotopic (exact) mass is 303 g/mol. The number of hydrogen-bond donors (Lipinski definition) is 1. The van der Waals surface area contributed by atoms with Gasteiger partial charge in [0.05, 0.1) is 11.3 Å². The van der Waals surface area contributed by atoms with Crippen LogP contribution in [0.15, 0.2) is 22.8 Å². The van der Waals surface area contributed by atoms with Gasteiger partial charge in [0.2, 0.25) is 0 Å². The largest absolute Gasteiger partial charge is 0.464 e. The molecule has 0 bridgehead atoms. The smallest absolute Gasteiger partial charge is 0.142 e. The van der Waals surface area contributed by atoms with E-state index in [2.05, 4.69) is 12.2 Å². The molecule has 1 aromatic carbocycles. The average molecular weight is 304 g/mol. The molecule has 19 heavy (non-hydrogen) atoms. The minimum Gasteiger partial charge on any atom is -0.464 e. The summed E-state index contributed by atoms with van der Waals surface area (Å²) in [5.74, 6) is 0.436. The fourth-order valence-electron chi connectivity index (χ4n) is 2.85. The lowest BCUT2D eigenvalue weighted by molar-refractivity contribution is 0.348. The second kappa shape index (κ2) is 5.70. The van der Waals surface area contributed by atoms with Gasteiger partial charge in [-0.25, -0.2) is 4.39 Å².